The van der Waals surface area contributed by atoms with Gasteiger partial charge in [0, 0.05) is 19.7 Å². The highest BCUT2D eigenvalue weighted by molar-refractivity contribution is 7.92. The second kappa shape index (κ2) is 13.0. The van der Waals surface area contributed by atoms with Crippen molar-refractivity contribution in [3.8, 4) is 11.5 Å². The second-order valence-corrected chi connectivity index (χ2v) is 10.3. The molecule has 9 nitrogen and oxygen atoms in total. The average Bonchev–Trinajstić information content (AvgIpc) is 2.96. The van der Waals surface area contributed by atoms with Gasteiger partial charge in [0.05, 0.1) is 24.8 Å². The summed E-state index contributed by atoms with van der Waals surface area (Å²) in [4.78, 5) is 28.1. The molecule has 3 aromatic rings. The molecular formula is C28H33N3O6S. The largest absolute Gasteiger partial charge is 0.497 e. The van der Waals surface area contributed by atoms with Crippen LogP contribution in [0, 0.1) is 0 Å². The van der Waals surface area contributed by atoms with Crippen molar-refractivity contribution in [3.63, 3.8) is 0 Å². The van der Waals surface area contributed by atoms with E-state index in [0.717, 1.165) is 9.87 Å². The molecule has 0 heterocycles. The summed E-state index contributed by atoms with van der Waals surface area (Å²) in [6.07, 6.45) is 0.339. The zero-order valence-corrected chi connectivity index (χ0v) is 22.8. The average molecular weight is 540 g/mol. The number of hydrogen-bond donors (Lipinski definition) is 1. The Morgan fingerprint density at radius 3 is 2.13 bits per heavy atom. The summed E-state index contributed by atoms with van der Waals surface area (Å²) in [5.74, 6) is 0.227. The summed E-state index contributed by atoms with van der Waals surface area (Å²) in [6, 6.07) is 20.7. The fourth-order valence-corrected chi connectivity index (χ4v) is 5.45. The van der Waals surface area contributed by atoms with E-state index in [0.29, 0.717) is 17.9 Å². The SMILES string of the molecule is CC[C@@H](C(=O)NC)N(Cc1ccc(OC)cc1)C(=O)CN(c1cccc(OC)c1)S(=O)(=O)c1ccccc1. The minimum absolute atomic E-state index is 0.0377. The molecule has 0 aliphatic carbocycles. The number of anilines is 1. The number of ether oxygens (including phenoxy) is 2. The lowest BCUT2D eigenvalue weighted by Gasteiger charge is -2.33. The van der Waals surface area contributed by atoms with Gasteiger partial charge in [-0.1, -0.05) is 43.3 Å². The lowest BCUT2D eigenvalue weighted by atomic mass is 10.1. The second-order valence-electron chi connectivity index (χ2n) is 8.43. The smallest absolute Gasteiger partial charge is 0.264 e. The molecule has 202 valence electrons. The summed E-state index contributed by atoms with van der Waals surface area (Å²) in [6.45, 7) is 1.38. The Morgan fingerprint density at radius 1 is 0.895 bits per heavy atom. The van der Waals surface area contributed by atoms with Crippen LogP contribution in [-0.4, -0.2) is 59.0 Å². The van der Waals surface area contributed by atoms with Crippen molar-refractivity contribution in [2.75, 3.05) is 32.1 Å². The monoisotopic (exact) mass is 539 g/mol. The highest BCUT2D eigenvalue weighted by atomic mass is 32.2. The van der Waals surface area contributed by atoms with Crippen molar-refractivity contribution < 1.29 is 27.5 Å². The molecule has 0 aromatic heterocycles. The van der Waals surface area contributed by atoms with E-state index in [1.54, 1.807) is 80.8 Å². The topological polar surface area (TPSA) is 105 Å². The lowest BCUT2D eigenvalue weighted by molar-refractivity contribution is -0.140. The maximum atomic E-state index is 13.9. The molecule has 0 saturated heterocycles. The summed E-state index contributed by atoms with van der Waals surface area (Å²) < 4.78 is 39.1. The summed E-state index contributed by atoms with van der Waals surface area (Å²) >= 11 is 0. The van der Waals surface area contributed by atoms with Crippen LogP contribution in [0.1, 0.15) is 18.9 Å². The van der Waals surface area contributed by atoms with Crippen molar-refractivity contribution in [2.24, 2.45) is 0 Å². The quantitative estimate of drug-likeness (QED) is 0.378. The number of nitrogens with one attached hydrogen (secondary N) is 1. The number of amides is 2. The highest BCUT2D eigenvalue weighted by Gasteiger charge is 2.33. The first kappa shape index (κ1) is 28.5. The number of carbonyl (C=O) groups excluding carboxylic acids is 2. The van der Waals surface area contributed by atoms with Crippen LogP contribution in [0.4, 0.5) is 5.69 Å². The third-order valence-corrected chi connectivity index (χ3v) is 7.88. The first-order valence-corrected chi connectivity index (χ1v) is 13.5. The van der Waals surface area contributed by atoms with Gasteiger partial charge in [-0.3, -0.25) is 13.9 Å². The zero-order valence-electron chi connectivity index (χ0n) is 22.0. The van der Waals surface area contributed by atoms with Crippen LogP contribution in [0.15, 0.2) is 83.8 Å². The predicted molar refractivity (Wildman–Crippen MR) is 146 cm³/mol. The van der Waals surface area contributed by atoms with Crippen molar-refractivity contribution in [2.45, 2.75) is 30.8 Å². The molecule has 0 bridgehead atoms. The van der Waals surface area contributed by atoms with Crippen LogP contribution in [0.2, 0.25) is 0 Å². The molecule has 0 aliphatic heterocycles. The fourth-order valence-electron chi connectivity index (χ4n) is 4.03. The molecular weight excluding hydrogens is 506 g/mol. The van der Waals surface area contributed by atoms with Gasteiger partial charge in [-0.05, 0) is 48.4 Å². The van der Waals surface area contributed by atoms with E-state index in [4.69, 9.17) is 9.47 Å². The number of nitrogens with zero attached hydrogens (tertiary/aromatic N) is 2. The number of hydrogen-bond acceptors (Lipinski definition) is 6. The van der Waals surface area contributed by atoms with Crippen LogP contribution in [0.25, 0.3) is 0 Å². The number of likely N-dealkylation sites (N-methyl/N-ethyl adjacent to an activating group) is 1. The number of benzene rings is 3. The summed E-state index contributed by atoms with van der Waals surface area (Å²) in [7, 11) is 0.406. The molecule has 0 unspecified atom stereocenters. The molecule has 1 N–H and O–H groups in total. The van der Waals surface area contributed by atoms with Gasteiger partial charge >= 0.3 is 0 Å². The Morgan fingerprint density at radius 2 is 1.55 bits per heavy atom. The van der Waals surface area contributed by atoms with Crippen LogP contribution in [-0.2, 0) is 26.2 Å². The Bertz CT molecular complexity index is 1330. The Balaban J connectivity index is 2.05. The van der Waals surface area contributed by atoms with Crippen molar-refractivity contribution in [1.29, 1.82) is 0 Å². The number of carbonyl (C=O) groups is 2. The number of sulfonamides is 1. The molecule has 38 heavy (non-hydrogen) atoms. The minimum atomic E-state index is -4.13. The van der Waals surface area contributed by atoms with Crippen molar-refractivity contribution in [1.82, 2.24) is 10.2 Å². The van der Waals surface area contributed by atoms with Crippen molar-refractivity contribution >= 4 is 27.5 Å². The van der Waals surface area contributed by atoms with Gasteiger partial charge in [0.1, 0.15) is 24.1 Å². The van der Waals surface area contributed by atoms with E-state index in [1.165, 1.54) is 31.2 Å². The molecule has 3 rings (SSSR count). The molecule has 3 aromatic carbocycles. The van der Waals surface area contributed by atoms with E-state index in [9.17, 15) is 18.0 Å². The van der Waals surface area contributed by atoms with E-state index in [1.807, 2.05) is 0 Å². The van der Waals surface area contributed by atoms with Gasteiger partial charge in [-0.2, -0.15) is 0 Å². The molecule has 1 atom stereocenters. The minimum Gasteiger partial charge on any atom is -0.497 e. The van der Waals surface area contributed by atoms with Gasteiger partial charge < -0.3 is 19.7 Å². The van der Waals surface area contributed by atoms with E-state index < -0.39 is 28.5 Å². The van der Waals surface area contributed by atoms with Gasteiger partial charge in [0.15, 0.2) is 0 Å². The van der Waals surface area contributed by atoms with Crippen LogP contribution >= 0.6 is 0 Å². The zero-order chi connectivity index (χ0) is 27.7. The normalized spacial score (nSPS) is 11.8. The third-order valence-electron chi connectivity index (χ3n) is 6.10. The standard InChI is InChI=1S/C28H33N3O6S/c1-5-26(28(33)29-2)30(19-21-14-16-23(36-3)17-15-21)27(32)20-31(22-10-9-11-24(18-22)37-4)38(34,35)25-12-7-6-8-13-25/h6-18,26H,5,19-20H2,1-4H3,(H,29,33)/t26-/m0/s1. The predicted octanol–water partition coefficient (Wildman–Crippen LogP) is 3.45. The molecule has 10 heteroatoms. The molecule has 0 saturated carbocycles. The summed E-state index contributed by atoms with van der Waals surface area (Å²) in [5, 5.41) is 2.61. The van der Waals surface area contributed by atoms with E-state index >= 15 is 0 Å². The Hall–Kier alpha value is -4.05. The van der Waals surface area contributed by atoms with E-state index in [-0.39, 0.29) is 23.0 Å². The van der Waals surface area contributed by atoms with Gasteiger partial charge in [-0.25, -0.2) is 8.42 Å². The molecule has 0 aliphatic rings. The summed E-state index contributed by atoms with van der Waals surface area (Å²) in [5.41, 5.74) is 1.03. The van der Waals surface area contributed by atoms with Crippen LogP contribution in [0.5, 0.6) is 11.5 Å². The number of methoxy groups -OCH3 is 2. The Kier molecular flexibility index (Phi) is 9.72. The van der Waals surface area contributed by atoms with Gasteiger partial charge in [0.2, 0.25) is 11.8 Å². The number of rotatable bonds is 12. The lowest BCUT2D eigenvalue weighted by Crippen LogP contribution is -2.51. The van der Waals surface area contributed by atoms with Gasteiger partial charge in [0.25, 0.3) is 10.0 Å². The van der Waals surface area contributed by atoms with Crippen molar-refractivity contribution in [3.05, 3.63) is 84.4 Å². The molecule has 0 spiro atoms. The maximum absolute atomic E-state index is 13.9. The highest BCUT2D eigenvalue weighted by Crippen LogP contribution is 2.28. The Labute approximate surface area is 224 Å². The molecule has 2 amide bonds. The third kappa shape index (κ3) is 6.63. The first-order chi connectivity index (χ1) is 18.2. The van der Waals surface area contributed by atoms with Crippen LogP contribution in [0.3, 0.4) is 0 Å². The van der Waals surface area contributed by atoms with E-state index in [2.05, 4.69) is 5.32 Å². The van der Waals surface area contributed by atoms with Crippen LogP contribution < -0.4 is 19.1 Å². The molecule has 0 radical (unpaired) electrons. The molecule has 0 fully saturated rings. The fraction of sp³-hybridized carbons (Fsp3) is 0.286. The maximum Gasteiger partial charge on any atom is 0.264 e. The first-order valence-electron chi connectivity index (χ1n) is 12.1. The van der Waals surface area contributed by atoms with Gasteiger partial charge in [-0.15, -0.1) is 0 Å².